The molecular formula is C16H22BrN3O4. The quantitative estimate of drug-likeness (QED) is 0.617. The van der Waals surface area contributed by atoms with E-state index in [-0.39, 0.29) is 13.0 Å². The molecule has 0 radical (unpaired) electrons. The number of halogens is 1. The Kier molecular flexibility index (Phi) is 5.84. The molecule has 2 atom stereocenters. The number of carbonyl (C=O) groups is 1. The van der Waals surface area contributed by atoms with Crippen LogP contribution in [0.3, 0.4) is 0 Å². The Labute approximate surface area is 148 Å². The van der Waals surface area contributed by atoms with Crippen molar-refractivity contribution in [2.45, 2.75) is 45.0 Å². The molecule has 0 aliphatic rings. The fourth-order valence-corrected chi connectivity index (χ4v) is 2.58. The first-order valence-corrected chi connectivity index (χ1v) is 8.42. The Morgan fingerprint density at radius 2 is 2.17 bits per heavy atom. The van der Waals surface area contributed by atoms with Crippen LogP contribution >= 0.6 is 15.9 Å². The average Bonchev–Trinajstić information content (AvgIpc) is 2.87. The van der Waals surface area contributed by atoms with Crippen molar-refractivity contribution in [2.24, 2.45) is 0 Å². The topological polar surface area (TPSA) is 107 Å². The average molecular weight is 400 g/mol. The Balaban J connectivity index is 1.93. The zero-order valence-corrected chi connectivity index (χ0v) is 15.4. The van der Waals surface area contributed by atoms with E-state index in [1.807, 2.05) is 6.07 Å². The van der Waals surface area contributed by atoms with Crippen molar-refractivity contribution in [3.63, 3.8) is 0 Å². The molecule has 2 heterocycles. The largest absolute Gasteiger partial charge is 0.444 e. The summed E-state index contributed by atoms with van der Waals surface area (Å²) in [6.07, 6.45) is 0.793. The summed E-state index contributed by atoms with van der Waals surface area (Å²) in [5.41, 5.74) is 0.613. The lowest BCUT2D eigenvalue weighted by atomic mass is 10.0. The summed E-state index contributed by atoms with van der Waals surface area (Å²) in [6, 6.07) is 1.82. The third-order valence-corrected chi connectivity index (χ3v) is 3.75. The van der Waals surface area contributed by atoms with Gasteiger partial charge >= 0.3 is 6.09 Å². The summed E-state index contributed by atoms with van der Waals surface area (Å²) < 4.78 is 5.89. The second-order valence-electron chi connectivity index (χ2n) is 6.52. The van der Waals surface area contributed by atoms with Crippen LogP contribution in [0.5, 0.6) is 0 Å². The van der Waals surface area contributed by atoms with Crippen LogP contribution in [0.15, 0.2) is 22.9 Å². The van der Waals surface area contributed by atoms with Gasteiger partial charge in [0.15, 0.2) is 0 Å². The smallest absolute Gasteiger partial charge is 0.407 e. The Morgan fingerprint density at radius 3 is 2.83 bits per heavy atom. The fraction of sp³-hybridized carbons (Fsp3) is 0.500. The molecule has 0 aliphatic carbocycles. The number of hydrogen-bond donors (Lipinski definition) is 4. The molecule has 1 amide bonds. The van der Waals surface area contributed by atoms with E-state index in [2.05, 4.69) is 31.2 Å². The lowest BCUT2D eigenvalue weighted by Crippen LogP contribution is -2.34. The van der Waals surface area contributed by atoms with Crippen LogP contribution in [0.2, 0.25) is 0 Å². The van der Waals surface area contributed by atoms with Gasteiger partial charge in [-0.1, -0.05) is 0 Å². The molecule has 2 unspecified atom stereocenters. The summed E-state index contributed by atoms with van der Waals surface area (Å²) in [4.78, 5) is 18.7. The van der Waals surface area contributed by atoms with Crippen LogP contribution in [-0.4, -0.2) is 44.5 Å². The summed E-state index contributed by atoms with van der Waals surface area (Å²) in [6.45, 7) is 5.51. The van der Waals surface area contributed by atoms with Crippen LogP contribution in [0.1, 0.15) is 38.9 Å². The summed E-state index contributed by atoms with van der Waals surface area (Å²) >= 11 is 3.34. The maximum atomic E-state index is 11.6. The number of aliphatic hydroxyl groups is 2. The lowest BCUT2D eigenvalue weighted by Gasteiger charge is -2.21. The number of hydrogen-bond acceptors (Lipinski definition) is 5. The third kappa shape index (κ3) is 4.93. The molecule has 2 rings (SSSR count). The Morgan fingerprint density at radius 1 is 1.46 bits per heavy atom. The van der Waals surface area contributed by atoms with Crippen molar-refractivity contribution in [3.8, 4) is 0 Å². The van der Waals surface area contributed by atoms with Gasteiger partial charge in [-0.3, -0.25) is 0 Å². The predicted molar refractivity (Wildman–Crippen MR) is 93.6 cm³/mol. The number of nitrogens with one attached hydrogen (secondary N) is 2. The minimum absolute atomic E-state index is 0.189. The van der Waals surface area contributed by atoms with Gasteiger partial charge in [0.1, 0.15) is 17.4 Å². The van der Waals surface area contributed by atoms with Crippen molar-refractivity contribution in [2.75, 3.05) is 6.54 Å². The maximum absolute atomic E-state index is 11.6. The van der Waals surface area contributed by atoms with E-state index in [4.69, 9.17) is 4.74 Å². The fourth-order valence-electron chi connectivity index (χ4n) is 2.24. The van der Waals surface area contributed by atoms with Gasteiger partial charge in [-0.2, -0.15) is 0 Å². The van der Waals surface area contributed by atoms with Gasteiger partial charge in [0.05, 0.1) is 6.10 Å². The number of rotatable bonds is 5. The van der Waals surface area contributed by atoms with E-state index in [1.165, 1.54) is 0 Å². The van der Waals surface area contributed by atoms with Gasteiger partial charge in [-0.05, 0) is 49.2 Å². The predicted octanol–water partition coefficient (Wildman–Crippen LogP) is 2.63. The van der Waals surface area contributed by atoms with Gasteiger partial charge < -0.3 is 25.3 Å². The highest BCUT2D eigenvalue weighted by molar-refractivity contribution is 9.10. The van der Waals surface area contributed by atoms with Crippen LogP contribution in [-0.2, 0) is 4.74 Å². The lowest BCUT2D eigenvalue weighted by molar-refractivity contribution is 0.0131. The monoisotopic (exact) mass is 399 g/mol. The molecule has 0 saturated carbocycles. The second-order valence-corrected chi connectivity index (χ2v) is 7.44. The number of nitrogens with zero attached hydrogens (tertiary/aromatic N) is 1. The van der Waals surface area contributed by atoms with Crippen molar-refractivity contribution in [3.05, 3.63) is 28.5 Å². The molecule has 2 aromatic rings. The first kappa shape index (κ1) is 18.7. The summed E-state index contributed by atoms with van der Waals surface area (Å²) in [5.74, 6) is 0. The number of aromatic nitrogens is 2. The molecule has 2 aromatic heterocycles. The number of carbonyl (C=O) groups excluding carboxylic acids is 1. The molecule has 0 fully saturated rings. The molecule has 7 nitrogen and oxygen atoms in total. The van der Waals surface area contributed by atoms with Crippen LogP contribution in [0.4, 0.5) is 4.79 Å². The van der Waals surface area contributed by atoms with E-state index < -0.39 is 23.9 Å². The third-order valence-electron chi connectivity index (χ3n) is 3.32. The highest BCUT2D eigenvalue weighted by atomic mass is 79.9. The molecule has 0 spiro atoms. The van der Waals surface area contributed by atoms with Crippen LogP contribution in [0, 0.1) is 0 Å². The molecule has 0 aromatic carbocycles. The molecule has 0 saturated heterocycles. The molecule has 0 bridgehead atoms. The van der Waals surface area contributed by atoms with Crippen LogP contribution < -0.4 is 5.32 Å². The van der Waals surface area contributed by atoms with E-state index >= 15 is 0 Å². The van der Waals surface area contributed by atoms with Crippen molar-refractivity contribution < 1.29 is 19.7 Å². The minimum Gasteiger partial charge on any atom is -0.444 e. The Hall–Kier alpha value is -1.64. The first-order chi connectivity index (χ1) is 11.2. The van der Waals surface area contributed by atoms with Gasteiger partial charge in [0, 0.05) is 34.4 Å². The normalized spacial score (nSPS) is 14.4. The number of H-pyrrole nitrogens is 1. The molecule has 0 aliphatic heterocycles. The molecule has 8 heteroatoms. The minimum atomic E-state index is -1.09. The van der Waals surface area contributed by atoms with E-state index in [0.717, 1.165) is 9.86 Å². The van der Waals surface area contributed by atoms with Crippen molar-refractivity contribution >= 4 is 33.1 Å². The number of alkyl carbamates (subject to hydrolysis) is 1. The van der Waals surface area contributed by atoms with Gasteiger partial charge in [-0.25, -0.2) is 9.78 Å². The first-order valence-electron chi connectivity index (χ1n) is 7.63. The zero-order valence-electron chi connectivity index (χ0n) is 13.8. The number of ether oxygens (including phenoxy) is 1. The SMILES string of the molecule is CC(C)(C)OC(=O)NCCC(O)C(O)c1c[nH]c2ncc(Br)cc12. The molecule has 132 valence electrons. The second kappa shape index (κ2) is 7.50. The number of fused-ring (bicyclic) bond motifs is 1. The number of aliphatic hydroxyl groups excluding tert-OH is 2. The highest BCUT2D eigenvalue weighted by Gasteiger charge is 2.22. The van der Waals surface area contributed by atoms with E-state index in [9.17, 15) is 15.0 Å². The molecule has 4 N–H and O–H groups in total. The van der Waals surface area contributed by atoms with E-state index in [0.29, 0.717) is 11.2 Å². The highest BCUT2D eigenvalue weighted by Crippen LogP contribution is 2.28. The molecular weight excluding hydrogens is 378 g/mol. The Bertz CT molecular complexity index is 711. The molecule has 24 heavy (non-hydrogen) atoms. The standard InChI is InChI=1S/C16H22BrN3O4/c1-16(2,3)24-15(23)18-5-4-12(21)13(22)11-8-20-14-10(11)6-9(17)7-19-14/h6-8,12-13,21-22H,4-5H2,1-3H3,(H,18,23)(H,19,20). The van der Waals surface area contributed by atoms with Crippen molar-refractivity contribution in [1.29, 1.82) is 0 Å². The number of pyridine rings is 1. The maximum Gasteiger partial charge on any atom is 0.407 e. The van der Waals surface area contributed by atoms with Gasteiger partial charge in [0.25, 0.3) is 0 Å². The summed E-state index contributed by atoms with van der Waals surface area (Å²) in [7, 11) is 0. The zero-order chi connectivity index (χ0) is 17.9. The van der Waals surface area contributed by atoms with E-state index in [1.54, 1.807) is 33.2 Å². The van der Waals surface area contributed by atoms with Crippen molar-refractivity contribution in [1.82, 2.24) is 15.3 Å². The number of amides is 1. The van der Waals surface area contributed by atoms with Crippen LogP contribution in [0.25, 0.3) is 11.0 Å². The summed E-state index contributed by atoms with van der Waals surface area (Å²) in [5, 5.41) is 23.8. The number of aromatic amines is 1. The van der Waals surface area contributed by atoms with Gasteiger partial charge in [-0.15, -0.1) is 0 Å². The van der Waals surface area contributed by atoms with Gasteiger partial charge in [0.2, 0.25) is 0 Å².